The standard InChI is InChI=1S/C28H28N2O3S/c1-2-30-24-19-22(12-13-26(24)34(33)25-11-7-6-10-23(25)28(30)32)27(31)29-16-14-21(15-17-29)18-20-8-4-3-5-9-20/h3-13,19,21H,2,14-18H2,1H3/t34-/m1/s1. The average Bonchev–Trinajstić information content (AvgIpc) is 2.97. The van der Waals surface area contributed by atoms with Gasteiger partial charge in [-0.3, -0.25) is 9.59 Å². The van der Waals surface area contributed by atoms with Gasteiger partial charge in [0.2, 0.25) is 0 Å². The number of likely N-dealkylation sites (tertiary alicyclic amines) is 1. The van der Waals surface area contributed by atoms with Crippen molar-refractivity contribution in [3.63, 3.8) is 0 Å². The van der Waals surface area contributed by atoms with E-state index in [9.17, 15) is 13.8 Å². The van der Waals surface area contributed by atoms with Gasteiger partial charge in [-0.05, 0) is 68.0 Å². The first-order valence-corrected chi connectivity index (χ1v) is 13.0. The predicted octanol–water partition coefficient (Wildman–Crippen LogP) is 4.93. The lowest BCUT2D eigenvalue weighted by Gasteiger charge is -2.32. The van der Waals surface area contributed by atoms with Crippen LogP contribution in [0.25, 0.3) is 0 Å². The first kappa shape index (κ1) is 22.5. The maximum atomic E-state index is 13.4. The molecule has 0 bridgehead atoms. The number of nitrogens with zero attached hydrogens (tertiary/aromatic N) is 2. The minimum Gasteiger partial charge on any atom is -0.339 e. The molecule has 3 aromatic carbocycles. The van der Waals surface area contributed by atoms with E-state index in [1.165, 1.54) is 5.56 Å². The first-order chi connectivity index (χ1) is 16.6. The van der Waals surface area contributed by atoms with E-state index < -0.39 is 10.8 Å². The number of fused-ring (bicyclic) bond motifs is 2. The number of carbonyl (C=O) groups excluding carboxylic acids is 2. The third kappa shape index (κ3) is 4.18. The Hall–Kier alpha value is -3.25. The quantitative estimate of drug-likeness (QED) is 0.541. The molecule has 2 heterocycles. The van der Waals surface area contributed by atoms with Crippen molar-refractivity contribution in [1.29, 1.82) is 0 Å². The lowest BCUT2D eigenvalue weighted by Crippen LogP contribution is -2.39. The molecule has 0 N–H and O–H groups in total. The summed E-state index contributed by atoms with van der Waals surface area (Å²) < 4.78 is 13.3. The normalized spacial score (nSPS) is 18.3. The summed E-state index contributed by atoms with van der Waals surface area (Å²) in [5, 5.41) is 0. The summed E-state index contributed by atoms with van der Waals surface area (Å²) in [5.41, 5.74) is 2.89. The fourth-order valence-corrected chi connectivity index (χ4v) is 6.33. The second kappa shape index (κ2) is 9.55. The van der Waals surface area contributed by atoms with Crippen molar-refractivity contribution >= 4 is 28.3 Å². The van der Waals surface area contributed by atoms with E-state index in [0.717, 1.165) is 32.4 Å². The molecule has 1 fully saturated rings. The molecule has 0 spiro atoms. The van der Waals surface area contributed by atoms with E-state index in [2.05, 4.69) is 24.3 Å². The zero-order chi connectivity index (χ0) is 23.7. The SMILES string of the molecule is CCN1C(=O)c2ccccc2[S@@](=O)c2ccc(C(=O)N3CCC(Cc4ccccc4)CC3)cc21. The summed E-state index contributed by atoms with van der Waals surface area (Å²) in [5.74, 6) is 0.362. The minimum atomic E-state index is -1.49. The first-order valence-electron chi connectivity index (χ1n) is 11.9. The molecule has 34 heavy (non-hydrogen) atoms. The fourth-order valence-electron chi connectivity index (χ4n) is 4.98. The molecular formula is C28H28N2O3S. The van der Waals surface area contributed by atoms with Crippen LogP contribution in [-0.2, 0) is 17.2 Å². The molecule has 0 unspecified atom stereocenters. The largest absolute Gasteiger partial charge is 0.339 e. The molecule has 2 amide bonds. The van der Waals surface area contributed by atoms with E-state index >= 15 is 0 Å². The van der Waals surface area contributed by atoms with Crippen molar-refractivity contribution in [2.75, 3.05) is 24.5 Å². The van der Waals surface area contributed by atoms with Crippen molar-refractivity contribution in [1.82, 2.24) is 4.90 Å². The Bertz CT molecular complexity index is 1250. The van der Waals surface area contributed by atoms with Gasteiger partial charge in [-0.15, -0.1) is 0 Å². The van der Waals surface area contributed by atoms with Gasteiger partial charge in [0.25, 0.3) is 11.8 Å². The number of piperidine rings is 1. The second-order valence-electron chi connectivity index (χ2n) is 8.92. The van der Waals surface area contributed by atoms with Crippen molar-refractivity contribution in [2.45, 2.75) is 36.0 Å². The summed E-state index contributed by atoms with van der Waals surface area (Å²) in [4.78, 5) is 31.2. The summed E-state index contributed by atoms with van der Waals surface area (Å²) in [6, 6.07) is 22.8. The van der Waals surface area contributed by atoms with Crippen molar-refractivity contribution in [3.8, 4) is 0 Å². The maximum absolute atomic E-state index is 13.4. The second-order valence-corrected chi connectivity index (χ2v) is 10.3. The third-order valence-corrected chi connectivity index (χ3v) is 8.34. The van der Waals surface area contributed by atoms with Crippen LogP contribution in [0.3, 0.4) is 0 Å². The molecule has 5 nitrogen and oxygen atoms in total. The van der Waals surface area contributed by atoms with Crippen LogP contribution in [0.1, 0.15) is 46.0 Å². The number of amides is 2. The average molecular weight is 473 g/mol. The maximum Gasteiger partial charge on any atom is 0.259 e. The molecule has 3 aromatic rings. The van der Waals surface area contributed by atoms with Crippen LogP contribution in [0.2, 0.25) is 0 Å². The Kier molecular flexibility index (Phi) is 6.33. The molecule has 0 aromatic heterocycles. The Morgan fingerprint density at radius 1 is 0.941 bits per heavy atom. The van der Waals surface area contributed by atoms with E-state index in [0.29, 0.717) is 39.1 Å². The Labute approximate surface area is 202 Å². The van der Waals surface area contributed by atoms with Gasteiger partial charge in [0, 0.05) is 25.2 Å². The zero-order valence-corrected chi connectivity index (χ0v) is 20.1. The highest BCUT2D eigenvalue weighted by atomic mass is 32.2. The molecule has 5 rings (SSSR count). The van der Waals surface area contributed by atoms with E-state index in [1.807, 2.05) is 17.9 Å². The molecule has 1 atom stereocenters. The highest BCUT2D eigenvalue weighted by Gasteiger charge is 2.31. The number of anilines is 1. The molecule has 2 aliphatic rings. The van der Waals surface area contributed by atoms with E-state index in [1.54, 1.807) is 47.4 Å². The number of hydrogen-bond acceptors (Lipinski definition) is 3. The minimum absolute atomic E-state index is 0.0305. The Balaban J connectivity index is 1.36. The number of benzene rings is 3. The van der Waals surface area contributed by atoms with Crippen LogP contribution in [-0.4, -0.2) is 40.6 Å². The van der Waals surface area contributed by atoms with Gasteiger partial charge in [-0.1, -0.05) is 42.5 Å². The number of hydrogen-bond donors (Lipinski definition) is 0. The monoisotopic (exact) mass is 472 g/mol. The Morgan fingerprint density at radius 2 is 1.65 bits per heavy atom. The van der Waals surface area contributed by atoms with Gasteiger partial charge in [-0.25, -0.2) is 4.21 Å². The highest BCUT2D eigenvalue weighted by molar-refractivity contribution is 7.85. The highest BCUT2D eigenvalue weighted by Crippen LogP contribution is 2.35. The number of rotatable bonds is 4. The molecule has 0 saturated carbocycles. The van der Waals surface area contributed by atoms with Crippen LogP contribution in [0, 0.1) is 5.92 Å². The smallest absolute Gasteiger partial charge is 0.259 e. The topological polar surface area (TPSA) is 57.7 Å². The van der Waals surface area contributed by atoms with Crippen LogP contribution in [0.15, 0.2) is 82.6 Å². The van der Waals surface area contributed by atoms with Crippen molar-refractivity contribution in [2.24, 2.45) is 5.92 Å². The molecule has 0 aliphatic carbocycles. The lowest BCUT2D eigenvalue weighted by atomic mass is 9.90. The van der Waals surface area contributed by atoms with Crippen LogP contribution in [0.5, 0.6) is 0 Å². The molecule has 1 saturated heterocycles. The van der Waals surface area contributed by atoms with Gasteiger partial charge in [0.05, 0.1) is 31.8 Å². The van der Waals surface area contributed by atoms with E-state index in [-0.39, 0.29) is 11.8 Å². The van der Waals surface area contributed by atoms with Crippen LogP contribution in [0.4, 0.5) is 5.69 Å². The number of carbonyl (C=O) groups is 2. The molecule has 0 radical (unpaired) electrons. The van der Waals surface area contributed by atoms with Crippen LogP contribution < -0.4 is 4.90 Å². The summed E-state index contributed by atoms with van der Waals surface area (Å²) >= 11 is 0. The molecule has 2 aliphatic heterocycles. The van der Waals surface area contributed by atoms with E-state index in [4.69, 9.17) is 0 Å². The van der Waals surface area contributed by atoms with Crippen molar-refractivity contribution < 1.29 is 13.8 Å². The molecule has 174 valence electrons. The van der Waals surface area contributed by atoms with Crippen LogP contribution >= 0.6 is 0 Å². The lowest BCUT2D eigenvalue weighted by molar-refractivity contribution is 0.0690. The summed E-state index contributed by atoms with van der Waals surface area (Å²) in [6.45, 7) is 3.77. The summed E-state index contributed by atoms with van der Waals surface area (Å²) in [6.07, 6.45) is 3.00. The Morgan fingerprint density at radius 3 is 2.38 bits per heavy atom. The van der Waals surface area contributed by atoms with Gasteiger partial charge >= 0.3 is 0 Å². The van der Waals surface area contributed by atoms with Crippen molar-refractivity contribution in [3.05, 3.63) is 89.5 Å². The third-order valence-electron chi connectivity index (χ3n) is 6.84. The predicted molar refractivity (Wildman–Crippen MR) is 134 cm³/mol. The fraction of sp³-hybridized carbons (Fsp3) is 0.286. The molecule has 6 heteroatoms. The van der Waals surface area contributed by atoms with Gasteiger partial charge < -0.3 is 9.80 Å². The zero-order valence-electron chi connectivity index (χ0n) is 19.3. The van der Waals surface area contributed by atoms with Gasteiger partial charge in [0.15, 0.2) is 0 Å². The van der Waals surface area contributed by atoms with Gasteiger partial charge in [0.1, 0.15) is 0 Å². The molecular weight excluding hydrogens is 444 g/mol. The summed E-state index contributed by atoms with van der Waals surface area (Å²) in [7, 11) is -1.49. The van der Waals surface area contributed by atoms with Gasteiger partial charge in [-0.2, -0.15) is 0 Å².